The second kappa shape index (κ2) is 3.75. The highest BCUT2D eigenvalue weighted by atomic mass is 18.4. The minimum atomic E-state index is -1.35. The SMILES string of the molecule is C[C@H]([18OH])/C=C/[C@@](O)(C[18OH])[C@@H]1[18O][C@H]1C. The summed E-state index contributed by atoms with van der Waals surface area (Å²) in [5.41, 5.74) is -1.35. The summed E-state index contributed by atoms with van der Waals surface area (Å²) in [6.45, 7) is 3.00. The Labute approximate surface area is 77.5 Å². The van der Waals surface area contributed by atoms with Gasteiger partial charge in [-0.1, -0.05) is 6.08 Å². The van der Waals surface area contributed by atoms with Gasteiger partial charge in [0.1, 0.15) is 11.7 Å². The maximum atomic E-state index is 9.81. The van der Waals surface area contributed by atoms with E-state index in [9.17, 15) is 5.11 Å². The zero-order valence-corrected chi connectivity index (χ0v) is 7.84. The second-order valence-corrected chi connectivity index (χ2v) is 3.51. The van der Waals surface area contributed by atoms with Crippen LogP contribution in [0.3, 0.4) is 0 Å². The molecule has 0 spiro atoms. The first-order valence-electron chi connectivity index (χ1n) is 4.36. The fourth-order valence-corrected chi connectivity index (χ4v) is 1.25. The lowest BCUT2D eigenvalue weighted by Crippen LogP contribution is -2.38. The van der Waals surface area contributed by atoms with Gasteiger partial charge in [-0.3, -0.25) is 0 Å². The molecule has 76 valence electrons. The summed E-state index contributed by atoms with van der Waals surface area (Å²) in [7, 11) is 0. The fourth-order valence-electron chi connectivity index (χ4n) is 1.25. The van der Waals surface area contributed by atoms with E-state index in [-0.39, 0.29) is 12.2 Å². The van der Waals surface area contributed by atoms with Gasteiger partial charge in [-0.15, -0.1) is 0 Å². The highest BCUT2D eigenvalue weighted by Crippen LogP contribution is 2.32. The van der Waals surface area contributed by atoms with Crippen LogP contribution in [-0.2, 0) is 4.74 Å². The first kappa shape index (κ1) is 10.7. The Balaban J connectivity index is 2.59. The minimum absolute atomic E-state index is 0.0317. The molecule has 0 aliphatic carbocycles. The van der Waals surface area contributed by atoms with Gasteiger partial charge in [-0.2, -0.15) is 0 Å². The van der Waals surface area contributed by atoms with Crippen LogP contribution < -0.4 is 0 Å². The van der Waals surface area contributed by atoms with Gasteiger partial charge in [0.2, 0.25) is 0 Å². The lowest BCUT2D eigenvalue weighted by molar-refractivity contribution is 0.00367. The van der Waals surface area contributed by atoms with Crippen molar-refractivity contribution in [3.05, 3.63) is 12.2 Å². The Morgan fingerprint density at radius 1 is 1.69 bits per heavy atom. The van der Waals surface area contributed by atoms with Gasteiger partial charge in [0.05, 0.1) is 18.8 Å². The lowest BCUT2D eigenvalue weighted by Gasteiger charge is -2.19. The van der Waals surface area contributed by atoms with Gasteiger partial charge in [-0.05, 0) is 19.9 Å². The van der Waals surface area contributed by atoms with Gasteiger partial charge >= 0.3 is 0 Å². The molecule has 1 aliphatic rings. The van der Waals surface area contributed by atoms with Crippen molar-refractivity contribution in [1.82, 2.24) is 0 Å². The summed E-state index contributed by atoms with van der Waals surface area (Å²) in [5, 5.41) is 27.7. The molecule has 0 amide bonds. The van der Waals surface area contributed by atoms with E-state index in [2.05, 4.69) is 0 Å². The largest absolute Gasteiger partial charge is 0.393 e. The molecule has 1 heterocycles. The Morgan fingerprint density at radius 3 is 2.54 bits per heavy atom. The molecule has 0 aromatic carbocycles. The summed E-state index contributed by atoms with van der Waals surface area (Å²) in [6.07, 6.45) is 1.81. The second-order valence-electron chi connectivity index (χ2n) is 3.51. The maximum absolute atomic E-state index is 9.81. The van der Waals surface area contributed by atoms with Crippen LogP contribution in [-0.4, -0.2) is 45.8 Å². The van der Waals surface area contributed by atoms with E-state index in [0.29, 0.717) is 0 Å². The smallest absolute Gasteiger partial charge is 0.134 e. The van der Waals surface area contributed by atoms with Crippen molar-refractivity contribution in [3.63, 3.8) is 0 Å². The fraction of sp³-hybridized carbons (Fsp3) is 0.778. The van der Waals surface area contributed by atoms with Crippen LogP contribution in [0.5, 0.6) is 0 Å². The normalized spacial score (nSPS) is 34.5. The number of aliphatic hydroxyl groups is 3. The molecule has 13 heavy (non-hydrogen) atoms. The first-order valence-corrected chi connectivity index (χ1v) is 4.36. The Morgan fingerprint density at radius 2 is 2.23 bits per heavy atom. The topological polar surface area (TPSA) is 73.2 Å². The van der Waals surface area contributed by atoms with E-state index in [1.54, 1.807) is 6.92 Å². The van der Waals surface area contributed by atoms with Crippen molar-refractivity contribution in [1.29, 1.82) is 0 Å². The van der Waals surface area contributed by atoms with Gasteiger partial charge in [0, 0.05) is 0 Å². The van der Waals surface area contributed by atoms with E-state index in [0.717, 1.165) is 0 Å². The molecule has 3 N–H and O–H groups in total. The predicted octanol–water partition coefficient (Wildman–Crippen LogP) is -0.566. The molecule has 4 nitrogen and oxygen atoms in total. The van der Waals surface area contributed by atoms with Crippen LogP contribution in [0.2, 0.25) is 0 Å². The van der Waals surface area contributed by atoms with Crippen LogP contribution >= 0.6 is 0 Å². The lowest BCUT2D eigenvalue weighted by atomic mass is 9.98. The van der Waals surface area contributed by atoms with Crippen LogP contribution in [0.15, 0.2) is 12.2 Å². The molecule has 1 fully saturated rings. The summed E-state index contributed by atoms with van der Waals surface area (Å²) in [6, 6.07) is 0. The Hall–Kier alpha value is -0.420. The molecule has 4 heteroatoms. The van der Waals surface area contributed by atoms with Crippen molar-refractivity contribution >= 4 is 0 Å². The summed E-state index contributed by atoms with van der Waals surface area (Å²) in [5.74, 6) is 0. The van der Waals surface area contributed by atoms with E-state index in [1.165, 1.54) is 12.2 Å². The predicted molar refractivity (Wildman–Crippen MR) is 47.2 cm³/mol. The third-order valence-electron chi connectivity index (χ3n) is 2.12. The molecule has 0 saturated carbocycles. The van der Waals surface area contributed by atoms with E-state index >= 15 is 0 Å². The summed E-state index contributed by atoms with van der Waals surface area (Å²) >= 11 is 0. The molecular weight excluding hydrogens is 178 g/mol. The van der Waals surface area contributed by atoms with Crippen LogP contribution in [0.1, 0.15) is 13.8 Å². The Bertz CT molecular complexity index is 202. The molecule has 0 aromatic heterocycles. The number of hydrogen-bond donors (Lipinski definition) is 3. The first-order chi connectivity index (χ1) is 5.99. The molecule has 1 rings (SSSR count). The summed E-state index contributed by atoms with van der Waals surface area (Å²) < 4.78 is 5.06. The van der Waals surface area contributed by atoms with Crippen LogP contribution in [0.4, 0.5) is 0 Å². The zero-order chi connectivity index (χ0) is 10.1. The molecule has 0 unspecified atom stereocenters. The quantitative estimate of drug-likeness (QED) is 0.318. The van der Waals surface area contributed by atoms with Crippen molar-refractivity contribution in [3.8, 4) is 0 Å². The van der Waals surface area contributed by atoms with Gasteiger partial charge in [-0.25, -0.2) is 0 Å². The molecule has 0 aromatic rings. The van der Waals surface area contributed by atoms with Gasteiger partial charge in [0.25, 0.3) is 0 Å². The highest BCUT2D eigenvalue weighted by Gasteiger charge is 2.49. The standard InChI is InChI=1S/C9H16O4/c1-6(11)3-4-9(12,5-10)8-7(2)13-8/h3-4,6-8,10-12H,5H2,1-2H3/b4-3+/t6-,7-,8+,9+/m0/s1/i10+2,11+2,13+2. The van der Waals surface area contributed by atoms with Crippen molar-refractivity contribution in [2.24, 2.45) is 0 Å². The van der Waals surface area contributed by atoms with Gasteiger partial charge < -0.3 is 20.1 Å². The highest BCUT2D eigenvalue weighted by molar-refractivity contribution is 5.12. The van der Waals surface area contributed by atoms with Crippen LogP contribution in [0, 0.1) is 0 Å². The summed E-state index contributed by atoms with van der Waals surface area (Å²) in [4.78, 5) is 0. The van der Waals surface area contributed by atoms with Gasteiger partial charge in [0.15, 0.2) is 0 Å². The van der Waals surface area contributed by atoms with Crippen molar-refractivity contribution in [2.75, 3.05) is 6.61 Å². The molecular formula is C9H16O4. The number of ether oxygens (including phenoxy) is 1. The third-order valence-corrected chi connectivity index (χ3v) is 2.12. The van der Waals surface area contributed by atoms with Crippen LogP contribution in [0.25, 0.3) is 0 Å². The zero-order valence-electron chi connectivity index (χ0n) is 7.84. The third kappa shape index (κ3) is 2.51. The molecule has 0 radical (unpaired) electrons. The minimum Gasteiger partial charge on any atom is -0.393 e. The number of rotatable bonds is 4. The van der Waals surface area contributed by atoms with Crippen molar-refractivity contribution in [2.45, 2.75) is 37.8 Å². The monoisotopic (exact) mass is 194 g/mol. The average Bonchev–Trinajstić information content (AvgIpc) is 2.79. The number of aliphatic hydroxyl groups excluding tert-OH is 2. The Kier molecular flexibility index (Phi) is 3.08. The van der Waals surface area contributed by atoms with E-state index < -0.39 is 18.3 Å². The van der Waals surface area contributed by atoms with E-state index in [4.69, 9.17) is 14.9 Å². The molecule has 1 aliphatic heterocycles. The molecule has 1 saturated heterocycles. The number of hydrogen-bond acceptors (Lipinski definition) is 4. The van der Waals surface area contributed by atoms with E-state index in [1.807, 2.05) is 6.92 Å². The van der Waals surface area contributed by atoms with Crippen molar-refractivity contribution < 1.29 is 20.1 Å². The molecule has 4 atom stereocenters. The molecule has 0 bridgehead atoms. The number of epoxide rings is 1. The maximum Gasteiger partial charge on any atom is 0.134 e. The average molecular weight is 194 g/mol.